The van der Waals surface area contributed by atoms with Gasteiger partial charge < -0.3 is 14.8 Å². The van der Waals surface area contributed by atoms with E-state index in [9.17, 15) is 4.79 Å². The molecule has 0 aliphatic heterocycles. The molecule has 2 aromatic heterocycles. The van der Waals surface area contributed by atoms with Crippen LogP contribution in [0.3, 0.4) is 0 Å². The number of rotatable bonds is 8. The van der Waals surface area contributed by atoms with E-state index in [0.717, 1.165) is 22.2 Å². The highest BCUT2D eigenvalue weighted by Gasteiger charge is 2.19. The number of hydrogen-bond acceptors (Lipinski definition) is 6. The first-order chi connectivity index (χ1) is 10.7. The number of ether oxygens (including phenoxy) is 2. The molecule has 2 heterocycles. The summed E-state index contributed by atoms with van der Waals surface area (Å²) in [6.07, 6.45) is 2.26. The maximum absolute atomic E-state index is 12.3. The van der Waals surface area contributed by atoms with Crippen LogP contribution in [0.4, 0.5) is 0 Å². The molecule has 1 N–H and O–H groups in total. The van der Waals surface area contributed by atoms with Gasteiger partial charge >= 0.3 is 0 Å². The molecule has 0 aliphatic carbocycles. The minimum absolute atomic E-state index is 0.0838. The van der Waals surface area contributed by atoms with Crippen LogP contribution < -0.4 is 10.1 Å². The van der Waals surface area contributed by atoms with Gasteiger partial charge in [0.2, 0.25) is 5.88 Å². The van der Waals surface area contributed by atoms with E-state index in [-0.39, 0.29) is 5.91 Å². The molecule has 0 unspecified atom stereocenters. The van der Waals surface area contributed by atoms with Crippen molar-refractivity contribution < 1.29 is 14.3 Å². The first-order valence-corrected chi connectivity index (χ1v) is 8.23. The van der Waals surface area contributed by atoms with Crippen LogP contribution in [0.1, 0.15) is 35.5 Å². The summed E-state index contributed by atoms with van der Waals surface area (Å²) in [5.74, 6) is 0.455. The van der Waals surface area contributed by atoms with Crippen molar-refractivity contribution in [3.8, 4) is 5.88 Å². The lowest BCUT2D eigenvalue weighted by Gasteiger charge is -2.05. The first kappa shape index (κ1) is 16.6. The molecule has 120 valence electrons. The van der Waals surface area contributed by atoms with E-state index in [2.05, 4.69) is 15.3 Å². The van der Waals surface area contributed by atoms with Gasteiger partial charge in [-0.05, 0) is 32.8 Å². The van der Waals surface area contributed by atoms with Crippen molar-refractivity contribution >= 4 is 27.5 Å². The van der Waals surface area contributed by atoms with Crippen LogP contribution >= 0.6 is 11.3 Å². The largest absolute Gasteiger partial charge is 0.477 e. The Morgan fingerprint density at radius 1 is 1.32 bits per heavy atom. The molecule has 6 nitrogen and oxygen atoms in total. The quantitative estimate of drug-likeness (QED) is 0.756. The highest BCUT2D eigenvalue weighted by atomic mass is 32.1. The molecule has 0 atom stereocenters. The third-order valence-corrected chi connectivity index (χ3v) is 4.33. The summed E-state index contributed by atoms with van der Waals surface area (Å²) < 4.78 is 10.8. The molecule has 1 amide bonds. The number of hydrogen-bond donors (Lipinski definition) is 1. The van der Waals surface area contributed by atoms with Gasteiger partial charge in [-0.15, -0.1) is 11.3 Å². The first-order valence-electron chi connectivity index (χ1n) is 7.41. The van der Waals surface area contributed by atoms with Crippen molar-refractivity contribution in [3.05, 3.63) is 16.8 Å². The fraction of sp³-hybridized carbons (Fsp3) is 0.533. The lowest BCUT2D eigenvalue weighted by Crippen LogP contribution is -2.25. The summed E-state index contributed by atoms with van der Waals surface area (Å²) in [7, 11) is 0. The Morgan fingerprint density at radius 3 is 2.86 bits per heavy atom. The average Bonchev–Trinajstić information content (AvgIpc) is 2.85. The van der Waals surface area contributed by atoms with Gasteiger partial charge in [0.15, 0.2) is 0 Å². The number of amides is 1. The molecule has 0 radical (unpaired) electrons. The summed E-state index contributed by atoms with van der Waals surface area (Å²) in [5, 5.41) is 3.74. The van der Waals surface area contributed by atoms with Crippen molar-refractivity contribution in [2.24, 2.45) is 0 Å². The maximum atomic E-state index is 12.3. The molecule has 0 saturated heterocycles. The molecule has 0 aromatic carbocycles. The van der Waals surface area contributed by atoms with E-state index < -0.39 is 0 Å². The molecular weight excluding hydrogens is 302 g/mol. The number of carbonyl (C=O) groups excluding carboxylic acids is 1. The lowest BCUT2D eigenvalue weighted by molar-refractivity contribution is 0.0948. The predicted octanol–water partition coefficient (Wildman–Crippen LogP) is 2.55. The molecule has 0 fully saturated rings. The average molecular weight is 323 g/mol. The summed E-state index contributed by atoms with van der Waals surface area (Å²) in [5.41, 5.74) is 0.867. The molecule has 0 saturated carbocycles. The van der Waals surface area contributed by atoms with E-state index in [4.69, 9.17) is 9.47 Å². The summed E-state index contributed by atoms with van der Waals surface area (Å²) in [6.45, 7) is 8.23. The van der Waals surface area contributed by atoms with E-state index in [0.29, 0.717) is 37.1 Å². The molecule has 0 aliphatic rings. The van der Waals surface area contributed by atoms with Gasteiger partial charge in [0.25, 0.3) is 5.91 Å². The van der Waals surface area contributed by atoms with Gasteiger partial charge in [-0.25, -0.2) is 9.97 Å². The van der Waals surface area contributed by atoms with Crippen LogP contribution in [0.5, 0.6) is 5.88 Å². The molecular formula is C15H21N3O3S. The number of nitrogens with zero attached hydrogens (tertiary/aromatic N) is 2. The highest BCUT2D eigenvalue weighted by molar-refractivity contribution is 7.20. The topological polar surface area (TPSA) is 73.3 Å². The van der Waals surface area contributed by atoms with Crippen molar-refractivity contribution in [1.82, 2.24) is 15.3 Å². The summed E-state index contributed by atoms with van der Waals surface area (Å²) in [6, 6.07) is 0. The number of aryl methyl sites for hydroxylation is 1. The fourth-order valence-electron chi connectivity index (χ4n) is 2.10. The Hall–Kier alpha value is -1.73. The summed E-state index contributed by atoms with van der Waals surface area (Å²) >= 11 is 1.37. The second-order valence-corrected chi connectivity index (χ2v) is 5.65. The number of nitrogens with one attached hydrogen (secondary N) is 1. The zero-order valence-corrected chi connectivity index (χ0v) is 14.0. The van der Waals surface area contributed by atoms with E-state index in [1.54, 1.807) is 0 Å². The van der Waals surface area contributed by atoms with Crippen molar-refractivity contribution in [2.75, 3.05) is 26.4 Å². The number of carbonyl (C=O) groups is 1. The Kier molecular flexibility index (Phi) is 6.09. The van der Waals surface area contributed by atoms with Crippen LogP contribution in [-0.4, -0.2) is 42.2 Å². The third kappa shape index (κ3) is 3.72. The van der Waals surface area contributed by atoms with Crippen LogP contribution in [0.2, 0.25) is 0 Å². The Morgan fingerprint density at radius 2 is 2.14 bits per heavy atom. The highest BCUT2D eigenvalue weighted by Crippen LogP contribution is 2.34. The summed E-state index contributed by atoms with van der Waals surface area (Å²) in [4.78, 5) is 22.1. The third-order valence-electron chi connectivity index (χ3n) is 3.13. The molecule has 0 bridgehead atoms. The standard InChI is InChI=1S/C15H21N3O3S/c1-4-20-8-6-7-16-13(19)12-10(3)11-14(21-5-2)17-9-18-15(11)22-12/h9H,4-8H2,1-3H3,(H,16,19). The molecule has 2 rings (SSSR count). The van der Waals surface area contributed by atoms with E-state index in [1.807, 2.05) is 20.8 Å². The lowest BCUT2D eigenvalue weighted by atomic mass is 10.2. The predicted molar refractivity (Wildman–Crippen MR) is 86.8 cm³/mol. The van der Waals surface area contributed by atoms with E-state index in [1.165, 1.54) is 17.7 Å². The van der Waals surface area contributed by atoms with Gasteiger partial charge in [-0.3, -0.25) is 4.79 Å². The van der Waals surface area contributed by atoms with Gasteiger partial charge in [0.05, 0.1) is 16.9 Å². The van der Waals surface area contributed by atoms with Crippen LogP contribution in [0, 0.1) is 6.92 Å². The van der Waals surface area contributed by atoms with Crippen molar-refractivity contribution in [1.29, 1.82) is 0 Å². The fourth-order valence-corrected chi connectivity index (χ4v) is 3.16. The van der Waals surface area contributed by atoms with Gasteiger partial charge in [0.1, 0.15) is 11.2 Å². The zero-order chi connectivity index (χ0) is 15.9. The molecule has 2 aromatic rings. The smallest absolute Gasteiger partial charge is 0.261 e. The monoisotopic (exact) mass is 323 g/mol. The second-order valence-electron chi connectivity index (χ2n) is 4.65. The van der Waals surface area contributed by atoms with Gasteiger partial charge in [-0.2, -0.15) is 0 Å². The number of fused-ring (bicyclic) bond motifs is 1. The van der Waals surface area contributed by atoms with Crippen molar-refractivity contribution in [3.63, 3.8) is 0 Å². The van der Waals surface area contributed by atoms with Crippen LogP contribution in [-0.2, 0) is 4.74 Å². The Balaban J connectivity index is 2.12. The number of thiophene rings is 1. The molecule has 0 spiro atoms. The Labute approximate surface area is 133 Å². The minimum atomic E-state index is -0.0838. The SMILES string of the molecule is CCOCCCNC(=O)c1sc2ncnc(OCC)c2c1C. The Bertz CT molecular complexity index is 642. The number of aromatic nitrogens is 2. The van der Waals surface area contributed by atoms with Crippen LogP contribution in [0.25, 0.3) is 10.2 Å². The van der Waals surface area contributed by atoms with E-state index >= 15 is 0 Å². The normalized spacial score (nSPS) is 10.9. The maximum Gasteiger partial charge on any atom is 0.261 e. The molecule has 22 heavy (non-hydrogen) atoms. The van der Waals surface area contributed by atoms with Crippen LogP contribution in [0.15, 0.2) is 6.33 Å². The molecule has 7 heteroatoms. The van der Waals surface area contributed by atoms with Gasteiger partial charge in [-0.1, -0.05) is 0 Å². The second kappa shape index (κ2) is 8.05. The minimum Gasteiger partial charge on any atom is -0.477 e. The zero-order valence-electron chi connectivity index (χ0n) is 13.1. The van der Waals surface area contributed by atoms with Gasteiger partial charge in [0, 0.05) is 19.8 Å². The van der Waals surface area contributed by atoms with Crippen molar-refractivity contribution in [2.45, 2.75) is 27.2 Å².